The Labute approximate surface area is 187 Å². The summed E-state index contributed by atoms with van der Waals surface area (Å²) in [7, 11) is 0. The van der Waals surface area contributed by atoms with E-state index < -0.39 is 5.92 Å². The van der Waals surface area contributed by atoms with Gasteiger partial charge in [0, 0.05) is 23.1 Å². The molecule has 1 atom stereocenters. The summed E-state index contributed by atoms with van der Waals surface area (Å²) in [4.78, 5) is 26.6. The number of nitrogens with one attached hydrogen (secondary N) is 1. The highest BCUT2D eigenvalue weighted by Crippen LogP contribution is 2.31. The van der Waals surface area contributed by atoms with Crippen molar-refractivity contribution in [2.75, 3.05) is 16.8 Å². The molecule has 4 rings (SSSR count). The van der Waals surface area contributed by atoms with Crippen LogP contribution in [0, 0.1) is 5.92 Å². The van der Waals surface area contributed by atoms with Gasteiger partial charge in [0.15, 0.2) is 0 Å². The molecule has 0 aromatic heterocycles. The van der Waals surface area contributed by atoms with Crippen molar-refractivity contribution in [3.8, 4) is 11.5 Å². The van der Waals surface area contributed by atoms with Gasteiger partial charge in [-0.25, -0.2) is 0 Å². The number of halogens is 2. The minimum Gasteiger partial charge on any atom is -0.457 e. The van der Waals surface area contributed by atoms with Gasteiger partial charge < -0.3 is 15.0 Å². The van der Waals surface area contributed by atoms with Gasteiger partial charge in [-0.15, -0.1) is 0 Å². The Bertz CT molecular complexity index is 1070. The summed E-state index contributed by atoms with van der Waals surface area (Å²) in [5.74, 6) is 0.642. The van der Waals surface area contributed by atoms with Crippen LogP contribution >= 0.6 is 27.5 Å². The van der Waals surface area contributed by atoms with Crippen LogP contribution in [0.1, 0.15) is 6.42 Å². The van der Waals surface area contributed by atoms with E-state index in [1.807, 2.05) is 30.3 Å². The normalized spacial score (nSPS) is 15.9. The molecule has 1 saturated heterocycles. The van der Waals surface area contributed by atoms with E-state index in [-0.39, 0.29) is 18.2 Å². The van der Waals surface area contributed by atoms with Gasteiger partial charge in [0.05, 0.1) is 16.6 Å². The quantitative estimate of drug-likeness (QED) is 0.490. The Balaban J connectivity index is 1.37. The molecular formula is C23H18BrClN2O3. The highest BCUT2D eigenvalue weighted by atomic mass is 79.9. The summed E-state index contributed by atoms with van der Waals surface area (Å²) in [6.07, 6.45) is 0.155. The maximum absolute atomic E-state index is 12.7. The lowest BCUT2D eigenvalue weighted by molar-refractivity contribution is -0.122. The number of benzene rings is 3. The summed E-state index contributed by atoms with van der Waals surface area (Å²) in [6.45, 7) is 0.305. The van der Waals surface area contributed by atoms with E-state index in [2.05, 4.69) is 21.2 Å². The van der Waals surface area contributed by atoms with Crippen molar-refractivity contribution in [2.45, 2.75) is 6.42 Å². The second kappa shape index (κ2) is 8.90. The molecule has 0 radical (unpaired) electrons. The molecule has 30 heavy (non-hydrogen) atoms. The van der Waals surface area contributed by atoms with Gasteiger partial charge in [-0.2, -0.15) is 0 Å². The molecule has 5 nitrogen and oxygen atoms in total. The van der Waals surface area contributed by atoms with E-state index in [9.17, 15) is 9.59 Å². The predicted octanol–water partition coefficient (Wildman–Crippen LogP) is 5.89. The first-order valence-corrected chi connectivity index (χ1v) is 10.6. The van der Waals surface area contributed by atoms with E-state index in [4.69, 9.17) is 16.3 Å². The second-order valence-corrected chi connectivity index (χ2v) is 8.25. The number of carbonyl (C=O) groups is 2. The smallest absolute Gasteiger partial charge is 0.229 e. The van der Waals surface area contributed by atoms with Gasteiger partial charge in [0.1, 0.15) is 11.5 Å². The van der Waals surface area contributed by atoms with Crippen LogP contribution < -0.4 is 15.0 Å². The molecular weight excluding hydrogens is 468 g/mol. The molecule has 1 fully saturated rings. The lowest BCUT2D eigenvalue weighted by atomic mass is 10.1. The minimum atomic E-state index is -0.438. The average molecular weight is 486 g/mol. The first-order valence-electron chi connectivity index (χ1n) is 9.39. The van der Waals surface area contributed by atoms with E-state index >= 15 is 0 Å². The van der Waals surface area contributed by atoms with Crippen molar-refractivity contribution in [1.29, 1.82) is 0 Å². The Kier molecular flexibility index (Phi) is 6.06. The number of para-hydroxylation sites is 1. The maximum atomic E-state index is 12.7. The van der Waals surface area contributed by atoms with Gasteiger partial charge in [-0.1, -0.05) is 39.7 Å². The Morgan fingerprint density at radius 1 is 1.00 bits per heavy atom. The number of anilines is 2. The number of nitrogens with zero attached hydrogens (tertiary/aromatic N) is 1. The number of amides is 2. The molecule has 0 saturated carbocycles. The first-order chi connectivity index (χ1) is 14.5. The molecule has 3 aromatic rings. The van der Waals surface area contributed by atoms with Crippen molar-refractivity contribution < 1.29 is 14.3 Å². The summed E-state index contributed by atoms with van der Waals surface area (Å²) in [5, 5.41) is 3.37. The van der Waals surface area contributed by atoms with Crippen LogP contribution in [0.15, 0.2) is 77.3 Å². The Morgan fingerprint density at radius 3 is 2.30 bits per heavy atom. The van der Waals surface area contributed by atoms with Gasteiger partial charge in [-0.05, 0) is 60.7 Å². The molecule has 2 amide bonds. The Morgan fingerprint density at radius 2 is 1.63 bits per heavy atom. The van der Waals surface area contributed by atoms with Crippen molar-refractivity contribution in [2.24, 2.45) is 5.92 Å². The van der Waals surface area contributed by atoms with Crippen molar-refractivity contribution in [1.82, 2.24) is 0 Å². The second-order valence-electron chi connectivity index (χ2n) is 6.93. The van der Waals surface area contributed by atoms with E-state index in [0.717, 1.165) is 10.2 Å². The van der Waals surface area contributed by atoms with Gasteiger partial charge in [0.25, 0.3) is 0 Å². The molecule has 0 bridgehead atoms. The number of hydrogen-bond donors (Lipinski definition) is 1. The van der Waals surface area contributed by atoms with E-state index in [1.165, 1.54) is 0 Å². The van der Waals surface area contributed by atoms with E-state index in [1.54, 1.807) is 47.4 Å². The SMILES string of the molecule is O=C(Nc1ccc(Oc2ccc(Br)cc2)cc1)[C@H]1CC(=O)N(c2ccccc2Cl)C1. The van der Waals surface area contributed by atoms with Gasteiger partial charge >= 0.3 is 0 Å². The first kappa shape index (κ1) is 20.4. The summed E-state index contributed by atoms with van der Waals surface area (Å²) >= 11 is 9.59. The average Bonchev–Trinajstić information content (AvgIpc) is 3.13. The fourth-order valence-corrected chi connectivity index (χ4v) is 3.78. The molecule has 1 aliphatic rings. The van der Waals surface area contributed by atoms with Crippen molar-refractivity contribution in [3.05, 3.63) is 82.3 Å². The largest absolute Gasteiger partial charge is 0.457 e. The standard InChI is InChI=1S/C23H18BrClN2O3/c24-16-5-9-18(10-6-16)30-19-11-7-17(8-12-19)26-23(29)15-13-22(28)27(14-15)21-4-2-1-3-20(21)25/h1-12,15H,13-14H2,(H,26,29)/t15-/m0/s1. The van der Waals surface area contributed by atoms with Gasteiger partial charge in [0.2, 0.25) is 11.8 Å². The molecule has 1 heterocycles. The van der Waals surface area contributed by atoms with Crippen LogP contribution in [-0.2, 0) is 9.59 Å². The number of ether oxygens (including phenoxy) is 1. The predicted molar refractivity (Wildman–Crippen MR) is 121 cm³/mol. The molecule has 7 heteroatoms. The monoisotopic (exact) mass is 484 g/mol. The highest BCUT2D eigenvalue weighted by Gasteiger charge is 2.35. The van der Waals surface area contributed by atoms with Crippen molar-refractivity contribution >= 4 is 50.7 Å². The molecule has 0 spiro atoms. The zero-order valence-electron chi connectivity index (χ0n) is 15.8. The molecule has 152 valence electrons. The summed E-state index contributed by atoms with van der Waals surface area (Å²) < 4.78 is 6.76. The molecule has 1 aliphatic heterocycles. The minimum absolute atomic E-state index is 0.110. The van der Waals surface area contributed by atoms with Crippen LogP contribution in [0.5, 0.6) is 11.5 Å². The van der Waals surface area contributed by atoms with Crippen LogP contribution in [-0.4, -0.2) is 18.4 Å². The topological polar surface area (TPSA) is 58.6 Å². The number of carbonyl (C=O) groups excluding carboxylic acids is 2. The van der Waals surface area contributed by atoms with Crippen LogP contribution in [0.3, 0.4) is 0 Å². The fourth-order valence-electron chi connectivity index (χ4n) is 3.28. The lowest BCUT2D eigenvalue weighted by Crippen LogP contribution is -2.28. The van der Waals surface area contributed by atoms with Crippen LogP contribution in [0.4, 0.5) is 11.4 Å². The third kappa shape index (κ3) is 4.66. The summed E-state index contributed by atoms with van der Waals surface area (Å²) in [6, 6.07) is 21.8. The fraction of sp³-hybridized carbons (Fsp3) is 0.130. The molecule has 3 aromatic carbocycles. The molecule has 0 aliphatic carbocycles. The third-order valence-electron chi connectivity index (χ3n) is 4.81. The molecule has 1 N–H and O–H groups in total. The Hall–Kier alpha value is -2.83. The lowest BCUT2D eigenvalue weighted by Gasteiger charge is -2.18. The highest BCUT2D eigenvalue weighted by molar-refractivity contribution is 9.10. The third-order valence-corrected chi connectivity index (χ3v) is 5.66. The zero-order chi connectivity index (χ0) is 21.1. The zero-order valence-corrected chi connectivity index (χ0v) is 18.2. The maximum Gasteiger partial charge on any atom is 0.229 e. The number of rotatable bonds is 5. The van der Waals surface area contributed by atoms with E-state index in [0.29, 0.717) is 28.7 Å². The number of hydrogen-bond acceptors (Lipinski definition) is 3. The molecule has 0 unspecified atom stereocenters. The summed E-state index contributed by atoms with van der Waals surface area (Å²) in [5.41, 5.74) is 1.28. The van der Waals surface area contributed by atoms with Crippen LogP contribution in [0.25, 0.3) is 0 Å². The van der Waals surface area contributed by atoms with Gasteiger partial charge in [-0.3, -0.25) is 9.59 Å². The van der Waals surface area contributed by atoms with Crippen LogP contribution in [0.2, 0.25) is 5.02 Å². The van der Waals surface area contributed by atoms with Crippen molar-refractivity contribution in [3.63, 3.8) is 0 Å².